The lowest BCUT2D eigenvalue weighted by Gasteiger charge is -1.97. The van der Waals surface area contributed by atoms with Gasteiger partial charge < -0.3 is 9.84 Å². The number of rotatable bonds is 4. The summed E-state index contributed by atoms with van der Waals surface area (Å²) in [5, 5.41) is 8.24. The van der Waals surface area contributed by atoms with E-state index in [2.05, 4.69) is 6.58 Å². The van der Waals surface area contributed by atoms with Crippen LogP contribution in [0.25, 0.3) is 6.08 Å². The zero-order valence-corrected chi connectivity index (χ0v) is 11.1. The molecule has 0 spiro atoms. The number of hydrogen-bond acceptors (Lipinski definition) is 2. The van der Waals surface area contributed by atoms with Crippen LogP contribution in [0.2, 0.25) is 0 Å². The Balaban J connectivity index is 0.000000331. The number of ether oxygens (including phenoxy) is 1. The number of benzene rings is 1. The van der Waals surface area contributed by atoms with Crippen LogP contribution >= 0.6 is 0 Å². The number of allylic oxidation sites excluding steroid dienone is 1. The molecule has 0 amide bonds. The maximum absolute atomic E-state index is 10.0. The van der Waals surface area contributed by atoms with E-state index >= 15 is 0 Å². The molecule has 0 aromatic heterocycles. The summed E-state index contributed by atoms with van der Waals surface area (Å²) in [4.78, 5) is 10.0. The van der Waals surface area contributed by atoms with Crippen molar-refractivity contribution >= 4 is 12.0 Å². The number of carbonyl (C=O) groups is 1. The van der Waals surface area contributed by atoms with Gasteiger partial charge in [0.25, 0.3) is 0 Å². The van der Waals surface area contributed by atoms with Gasteiger partial charge in [-0.1, -0.05) is 37.8 Å². The van der Waals surface area contributed by atoms with E-state index in [1.165, 1.54) is 0 Å². The summed E-state index contributed by atoms with van der Waals surface area (Å²) in [6.45, 7) is 7.14. The zero-order valence-electron chi connectivity index (χ0n) is 11.1. The van der Waals surface area contributed by atoms with Crippen molar-refractivity contribution in [1.29, 1.82) is 0 Å². The molecule has 0 aliphatic carbocycles. The molecule has 0 aliphatic rings. The molecule has 0 atom stereocenters. The fraction of sp³-hybridized carbons (Fsp3) is 0.267. The van der Waals surface area contributed by atoms with Crippen molar-refractivity contribution in [3.05, 3.63) is 48.1 Å². The second-order valence-electron chi connectivity index (χ2n) is 3.58. The van der Waals surface area contributed by atoms with Crippen molar-refractivity contribution in [1.82, 2.24) is 0 Å². The molecule has 0 saturated carbocycles. The largest absolute Gasteiger partial charge is 0.497 e. The molecule has 0 radical (unpaired) electrons. The van der Waals surface area contributed by atoms with E-state index < -0.39 is 5.97 Å². The van der Waals surface area contributed by atoms with Crippen LogP contribution in [0.15, 0.2) is 42.5 Å². The molecule has 0 unspecified atom stereocenters. The van der Waals surface area contributed by atoms with Crippen LogP contribution < -0.4 is 4.74 Å². The van der Waals surface area contributed by atoms with Crippen molar-refractivity contribution in [2.24, 2.45) is 0 Å². The van der Waals surface area contributed by atoms with Gasteiger partial charge >= 0.3 is 5.97 Å². The summed E-state index contributed by atoms with van der Waals surface area (Å²) < 4.78 is 4.98. The summed E-state index contributed by atoms with van der Waals surface area (Å²) >= 11 is 0. The van der Waals surface area contributed by atoms with Crippen molar-refractivity contribution in [2.45, 2.75) is 20.3 Å². The number of hydrogen-bond donors (Lipinski definition) is 1. The molecule has 0 bridgehead atoms. The Morgan fingerprint density at radius 2 is 1.94 bits per heavy atom. The molecule has 18 heavy (non-hydrogen) atoms. The minimum absolute atomic E-state index is 0.424. The van der Waals surface area contributed by atoms with Gasteiger partial charge in [-0.2, -0.15) is 0 Å². The van der Waals surface area contributed by atoms with Gasteiger partial charge in [0.15, 0.2) is 0 Å². The molecule has 0 fully saturated rings. The van der Waals surface area contributed by atoms with Crippen LogP contribution in [0.3, 0.4) is 0 Å². The van der Waals surface area contributed by atoms with Crippen LogP contribution in [0, 0.1) is 0 Å². The molecule has 0 saturated heterocycles. The first-order chi connectivity index (χ1) is 8.54. The van der Waals surface area contributed by atoms with Crippen molar-refractivity contribution in [3.63, 3.8) is 0 Å². The molecular formula is C15H20O3. The fourth-order valence-corrected chi connectivity index (χ4v) is 1.13. The monoisotopic (exact) mass is 248 g/mol. The second kappa shape index (κ2) is 9.05. The van der Waals surface area contributed by atoms with Gasteiger partial charge in [0.1, 0.15) is 5.75 Å². The number of aliphatic carboxylic acids is 1. The first-order valence-electron chi connectivity index (χ1n) is 5.71. The molecule has 1 aromatic rings. The first kappa shape index (κ1) is 16.0. The number of carboxylic acid groups (broad SMARTS) is 1. The lowest BCUT2D eigenvalue weighted by Crippen LogP contribution is -1.94. The third kappa shape index (κ3) is 6.53. The Bertz CT molecular complexity index is 402. The Morgan fingerprint density at radius 3 is 2.22 bits per heavy atom. The molecule has 1 N–H and O–H groups in total. The van der Waals surface area contributed by atoms with E-state index in [0.29, 0.717) is 5.57 Å². The van der Waals surface area contributed by atoms with E-state index in [1.54, 1.807) is 26.2 Å². The van der Waals surface area contributed by atoms with E-state index in [1.807, 2.05) is 31.2 Å². The van der Waals surface area contributed by atoms with Crippen LogP contribution in [-0.4, -0.2) is 18.2 Å². The molecule has 0 aliphatic heterocycles. The highest BCUT2D eigenvalue weighted by atomic mass is 16.5. The Labute approximate surface area is 108 Å². The molecule has 1 rings (SSSR count). The van der Waals surface area contributed by atoms with Gasteiger partial charge in [0.05, 0.1) is 7.11 Å². The molecule has 0 heterocycles. The number of methoxy groups -OCH3 is 1. The van der Waals surface area contributed by atoms with Crippen LogP contribution in [0.5, 0.6) is 5.75 Å². The quantitative estimate of drug-likeness (QED) is 0.825. The van der Waals surface area contributed by atoms with Gasteiger partial charge in [-0.15, -0.1) is 0 Å². The van der Waals surface area contributed by atoms with Gasteiger partial charge in [0.2, 0.25) is 0 Å². The third-order valence-corrected chi connectivity index (χ3v) is 2.20. The topological polar surface area (TPSA) is 46.5 Å². The van der Waals surface area contributed by atoms with E-state index in [4.69, 9.17) is 9.84 Å². The van der Waals surface area contributed by atoms with Gasteiger partial charge in [-0.05, 0) is 31.0 Å². The lowest BCUT2D eigenvalue weighted by molar-refractivity contribution is -0.132. The summed E-state index contributed by atoms with van der Waals surface area (Å²) in [5.41, 5.74) is 1.54. The molecule has 1 aromatic carbocycles. The fourth-order valence-electron chi connectivity index (χ4n) is 1.13. The minimum Gasteiger partial charge on any atom is -0.497 e. The van der Waals surface area contributed by atoms with E-state index in [-0.39, 0.29) is 0 Å². The SMILES string of the molecule is C=Cc1ccc(OC)cc1.CCC=C(C)C(=O)O. The van der Waals surface area contributed by atoms with Gasteiger partial charge in [-0.25, -0.2) is 4.79 Å². The van der Waals surface area contributed by atoms with Crippen molar-refractivity contribution in [3.8, 4) is 5.75 Å². The van der Waals surface area contributed by atoms with Crippen LogP contribution in [0.4, 0.5) is 0 Å². The Morgan fingerprint density at radius 1 is 1.39 bits per heavy atom. The molecule has 3 nitrogen and oxygen atoms in total. The highest BCUT2D eigenvalue weighted by Crippen LogP contribution is 2.11. The standard InChI is InChI=1S/C9H10O.C6H10O2/c1-3-8-4-6-9(10-2)7-5-8;1-3-4-5(2)6(7)8/h3-7H,1H2,2H3;4H,3H2,1-2H3,(H,7,8). The summed E-state index contributed by atoms with van der Waals surface area (Å²) in [6.07, 6.45) is 4.28. The van der Waals surface area contributed by atoms with Gasteiger partial charge in [0, 0.05) is 5.57 Å². The van der Waals surface area contributed by atoms with Crippen LogP contribution in [0.1, 0.15) is 25.8 Å². The molecular weight excluding hydrogens is 228 g/mol. The Hall–Kier alpha value is -2.03. The first-order valence-corrected chi connectivity index (χ1v) is 5.71. The maximum atomic E-state index is 10.0. The summed E-state index contributed by atoms with van der Waals surface area (Å²) in [7, 11) is 1.66. The lowest BCUT2D eigenvalue weighted by atomic mass is 10.2. The summed E-state index contributed by atoms with van der Waals surface area (Å²) in [5.74, 6) is 0.0532. The Kier molecular flexibility index (Phi) is 8.03. The normalized spacial score (nSPS) is 10.1. The number of carboxylic acids is 1. The smallest absolute Gasteiger partial charge is 0.330 e. The average Bonchev–Trinajstić information content (AvgIpc) is 2.39. The third-order valence-electron chi connectivity index (χ3n) is 2.20. The second-order valence-corrected chi connectivity index (χ2v) is 3.58. The molecule has 98 valence electrons. The predicted molar refractivity (Wildman–Crippen MR) is 74.8 cm³/mol. The van der Waals surface area contributed by atoms with Crippen LogP contribution in [-0.2, 0) is 4.79 Å². The average molecular weight is 248 g/mol. The zero-order chi connectivity index (χ0) is 14.0. The van der Waals surface area contributed by atoms with Crippen molar-refractivity contribution in [2.75, 3.05) is 7.11 Å². The maximum Gasteiger partial charge on any atom is 0.330 e. The van der Waals surface area contributed by atoms with E-state index in [9.17, 15) is 4.79 Å². The summed E-state index contributed by atoms with van der Waals surface area (Å²) in [6, 6.07) is 7.76. The predicted octanol–water partition coefficient (Wildman–Crippen LogP) is 3.77. The highest BCUT2D eigenvalue weighted by Gasteiger charge is 1.95. The van der Waals surface area contributed by atoms with Gasteiger partial charge in [-0.3, -0.25) is 0 Å². The van der Waals surface area contributed by atoms with E-state index in [0.717, 1.165) is 17.7 Å². The minimum atomic E-state index is -0.827. The highest BCUT2D eigenvalue weighted by molar-refractivity contribution is 5.85. The van der Waals surface area contributed by atoms with Crippen molar-refractivity contribution < 1.29 is 14.6 Å². The molecule has 3 heteroatoms.